The van der Waals surface area contributed by atoms with Crippen LogP contribution >= 0.6 is 0 Å². The largest absolute Gasteiger partial charge is 0.495 e. The zero-order chi connectivity index (χ0) is 17.7. The van der Waals surface area contributed by atoms with Crippen molar-refractivity contribution in [1.29, 1.82) is 0 Å². The lowest BCUT2D eigenvalue weighted by molar-refractivity contribution is 0.00578. The van der Waals surface area contributed by atoms with Crippen LogP contribution in [0.1, 0.15) is 63.4 Å². The molecule has 1 aromatic rings. The molecule has 1 atom stereocenters. The minimum Gasteiger partial charge on any atom is -0.399 e. The number of amides is 1. The van der Waals surface area contributed by atoms with Gasteiger partial charge in [-0.3, -0.25) is 4.79 Å². The van der Waals surface area contributed by atoms with Crippen molar-refractivity contribution in [2.45, 2.75) is 71.6 Å². The third-order valence-corrected chi connectivity index (χ3v) is 5.85. The van der Waals surface area contributed by atoms with Crippen LogP contribution in [0.25, 0.3) is 0 Å². The predicted octanol–water partition coefficient (Wildman–Crippen LogP) is 2.92. The summed E-state index contributed by atoms with van der Waals surface area (Å²) in [5.41, 5.74) is 1.99. The Labute approximate surface area is 145 Å². The molecule has 24 heavy (non-hydrogen) atoms. The Balaban J connectivity index is 1.89. The van der Waals surface area contributed by atoms with Crippen molar-refractivity contribution in [3.05, 3.63) is 29.3 Å². The highest BCUT2D eigenvalue weighted by atomic mass is 16.7. The number of rotatable bonds is 2. The second-order valence-electron chi connectivity index (χ2n) is 8.15. The van der Waals surface area contributed by atoms with E-state index >= 15 is 0 Å². The summed E-state index contributed by atoms with van der Waals surface area (Å²) in [7, 11) is -0.432. The van der Waals surface area contributed by atoms with E-state index < -0.39 is 7.12 Å². The van der Waals surface area contributed by atoms with Crippen molar-refractivity contribution in [3.8, 4) is 0 Å². The van der Waals surface area contributed by atoms with Gasteiger partial charge in [-0.05, 0) is 72.0 Å². The summed E-state index contributed by atoms with van der Waals surface area (Å²) < 4.78 is 12.3. The van der Waals surface area contributed by atoms with E-state index in [1.165, 1.54) is 0 Å². The Hall–Kier alpha value is -1.33. The van der Waals surface area contributed by atoms with Crippen molar-refractivity contribution in [1.82, 2.24) is 4.90 Å². The highest BCUT2D eigenvalue weighted by Crippen LogP contribution is 2.36. The third-order valence-electron chi connectivity index (χ3n) is 5.85. The Bertz CT molecular complexity index is 640. The average Bonchev–Trinajstić information content (AvgIpc) is 3.00. The maximum atomic E-state index is 12.8. The van der Waals surface area contributed by atoms with Gasteiger partial charge in [0.1, 0.15) is 0 Å². The lowest BCUT2D eigenvalue weighted by Crippen LogP contribution is -2.41. The van der Waals surface area contributed by atoms with Crippen molar-refractivity contribution in [2.75, 3.05) is 6.54 Å². The minimum atomic E-state index is -0.432. The van der Waals surface area contributed by atoms with Crippen LogP contribution in [-0.4, -0.2) is 41.7 Å². The number of carbonyl (C=O) groups is 1. The van der Waals surface area contributed by atoms with E-state index in [1.54, 1.807) is 0 Å². The van der Waals surface area contributed by atoms with Crippen molar-refractivity contribution in [2.24, 2.45) is 0 Å². The molecule has 2 saturated heterocycles. The van der Waals surface area contributed by atoms with Gasteiger partial charge in [0.05, 0.1) is 11.2 Å². The lowest BCUT2D eigenvalue weighted by Gasteiger charge is -2.32. The standard InChI is InChI=1S/C19H28BNO3/c1-13-9-10-15(17(22)21-11-7-8-14(21)2)12-16(13)20-23-18(3,4)19(5,6)24-20/h9-10,12,14H,7-8,11H2,1-6H3. The van der Waals surface area contributed by atoms with Crippen LogP contribution < -0.4 is 5.46 Å². The Morgan fingerprint density at radius 3 is 2.38 bits per heavy atom. The van der Waals surface area contributed by atoms with Crippen LogP contribution in [0, 0.1) is 6.92 Å². The smallest absolute Gasteiger partial charge is 0.399 e. The van der Waals surface area contributed by atoms with Gasteiger partial charge in [-0.15, -0.1) is 0 Å². The fourth-order valence-electron chi connectivity index (χ4n) is 3.40. The molecular weight excluding hydrogens is 301 g/mol. The topological polar surface area (TPSA) is 38.8 Å². The van der Waals surface area contributed by atoms with E-state index in [1.807, 2.05) is 57.7 Å². The molecule has 1 amide bonds. The van der Waals surface area contributed by atoms with E-state index in [2.05, 4.69) is 6.92 Å². The molecule has 0 aliphatic carbocycles. The summed E-state index contributed by atoms with van der Waals surface area (Å²) in [4.78, 5) is 14.8. The number of hydrogen-bond acceptors (Lipinski definition) is 3. The number of hydrogen-bond donors (Lipinski definition) is 0. The molecular formula is C19H28BNO3. The molecule has 0 aromatic heterocycles. The molecule has 0 spiro atoms. The molecule has 4 nitrogen and oxygen atoms in total. The second-order valence-corrected chi connectivity index (χ2v) is 8.15. The summed E-state index contributed by atoms with van der Waals surface area (Å²) in [5, 5.41) is 0. The van der Waals surface area contributed by atoms with Crippen molar-refractivity contribution >= 4 is 18.5 Å². The molecule has 2 heterocycles. The number of aryl methyl sites for hydroxylation is 1. The number of benzene rings is 1. The van der Waals surface area contributed by atoms with Crippen LogP contribution in [0.4, 0.5) is 0 Å². The van der Waals surface area contributed by atoms with Crippen LogP contribution in [0.5, 0.6) is 0 Å². The van der Waals surface area contributed by atoms with Gasteiger partial charge >= 0.3 is 7.12 Å². The monoisotopic (exact) mass is 329 g/mol. The molecule has 5 heteroatoms. The molecule has 0 saturated carbocycles. The third kappa shape index (κ3) is 2.88. The molecule has 1 unspecified atom stereocenters. The van der Waals surface area contributed by atoms with Gasteiger partial charge in [-0.2, -0.15) is 0 Å². The summed E-state index contributed by atoms with van der Waals surface area (Å²) in [6.07, 6.45) is 2.17. The molecule has 2 aliphatic rings. The number of nitrogens with zero attached hydrogens (tertiary/aromatic N) is 1. The van der Waals surface area contributed by atoms with Crippen LogP contribution in [-0.2, 0) is 9.31 Å². The summed E-state index contributed by atoms with van der Waals surface area (Å²) in [6, 6.07) is 6.18. The number of carbonyl (C=O) groups excluding carboxylic acids is 1. The normalized spacial score (nSPS) is 25.3. The van der Waals surface area contributed by atoms with E-state index in [9.17, 15) is 4.79 Å². The van der Waals surface area contributed by atoms with Crippen LogP contribution in [0.15, 0.2) is 18.2 Å². The van der Waals surface area contributed by atoms with E-state index in [0.717, 1.165) is 36.0 Å². The minimum absolute atomic E-state index is 0.109. The molecule has 1 aromatic carbocycles. The van der Waals surface area contributed by atoms with Crippen molar-refractivity contribution < 1.29 is 14.1 Å². The summed E-state index contributed by atoms with van der Waals surface area (Å²) in [6.45, 7) is 13.2. The zero-order valence-corrected chi connectivity index (χ0v) is 15.7. The molecule has 2 fully saturated rings. The zero-order valence-electron chi connectivity index (χ0n) is 15.7. The van der Waals surface area contributed by atoms with Gasteiger partial charge in [0, 0.05) is 18.2 Å². The molecule has 0 radical (unpaired) electrons. The first-order chi connectivity index (χ1) is 11.1. The van der Waals surface area contributed by atoms with E-state index in [0.29, 0.717) is 6.04 Å². The predicted molar refractivity (Wildman–Crippen MR) is 96.6 cm³/mol. The Morgan fingerprint density at radius 1 is 1.21 bits per heavy atom. The van der Waals surface area contributed by atoms with Crippen LogP contribution in [0.2, 0.25) is 0 Å². The fraction of sp³-hybridized carbons (Fsp3) is 0.632. The van der Waals surface area contributed by atoms with E-state index in [-0.39, 0.29) is 17.1 Å². The van der Waals surface area contributed by atoms with Gasteiger partial charge in [0.15, 0.2) is 0 Å². The summed E-state index contributed by atoms with van der Waals surface area (Å²) >= 11 is 0. The lowest BCUT2D eigenvalue weighted by atomic mass is 9.75. The first-order valence-corrected chi connectivity index (χ1v) is 8.89. The first-order valence-electron chi connectivity index (χ1n) is 8.89. The SMILES string of the molecule is Cc1ccc(C(=O)N2CCCC2C)cc1B1OC(C)(C)C(C)(C)O1. The first kappa shape index (κ1) is 17.5. The maximum Gasteiger partial charge on any atom is 0.495 e. The van der Waals surface area contributed by atoms with Gasteiger partial charge in [0.2, 0.25) is 0 Å². The van der Waals surface area contributed by atoms with Gasteiger partial charge < -0.3 is 14.2 Å². The van der Waals surface area contributed by atoms with Crippen LogP contribution in [0.3, 0.4) is 0 Å². The number of likely N-dealkylation sites (tertiary alicyclic amines) is 1. The van der Waals surface area contributed by atoms with Gasteiger partial charge in [0.25, 0.3) is 5.91 Å². The Kier molecular flexibility index (Phi) is 4.29. The molecule has 3 rings (SSSR count). The molecule has 2 aliphatic heterocycles. The van der Waals surface area contributed by atoms with Gasteiger partial charge in [-0.1, -0.05) is 11.6 Å². The molecule has 130 valence electrons. The summed E-state index contributed by atoms with van der Waals surface area (Å²) in [5.74, 6) is 0.109. The highest BCUT2D eigenvalue weighted by Gasteiger charge is 2.52. The fourth-order valence-corrected chi connectivity index (χ4v) is 3.40. The molecule has 0 bridgehead atoms. The second kappa shape index (κ2) is 5.89. The maximum absolute atomic E-state index is 12.8. The quantitative estimate of drug-likeness (QED) is 0.783. The van der Waals surface area contributed by atoms with E-state index in [4.69, 9.17) is 9.31 Å². The molecule has 0 N–H and O–H groups in total. The Morgan fingerprint density at radius 2 is 1.83 bits per heavy atom. The van der Waals surface area contributed by atoms with Gasteiger partial charge in [-0.25, -0.2) is 0 Å². The highest BCUT2D eigenvalue weighted by molar-refractivity contribution is 6.62. The average molecular weight is 329 g/mol. The van der Waals surface area contributed by atoms with Crippen molar-refractivity contribution in [3.63, 3.8) is 0 Å².